The number of nitrogens with one attached hydrogen (secondary N) is 2. The average Bonchev–Trinajstić information content (AvgIpc) is 3.50. The Balaban J connectivity index is 1.04. The van der Waals surface area contributed by atoms with Gasteiger partial charge in [0.25, 0.3) is 0 Å². The summed E-state index contributed by atoms with van der Waals surface area (Å²) in [7, 11) is 0. The maximum atomic E-state index is 12.7. The molecule has 1 aromatic heterocycles. The van der Waals surface area contributed by atoms with Crippen LogP contribution in [0.5, 0.6) is 0 Å². The summed E-state index contributed by atoms with van der Waals surface area (Å²) in [4.78, 5) is 27.5. The number of aromatic nitrogens is 3. The van der Waals surface area contributed by atoms with Crippen LogP contribution in [0.25, 0.3) is 0 Å². The lowest BCUT2D eigenvalue weighted by molar-refractivity contribution is -0.117. The highest BCUT2D eigenvalue weighted by atomic mass is 32.2. The van der Waals surface area contributed by atoms with Crippen molar-refractivity contribution in [2.45, 2.75) is 87.4 Å². The van der Waals surface area contributed by atoms with Crippen LogP contribution in [-0.4, -0.2) is 51.1 Å². The number of anilines is 1. The van der Waals surface area contributed by atoms with Gasteiger partial charge in [0.1, 0.15) is 0 Å². The van der Waals surface area contributed by atoms with E-state index in [-0.39, 0.29) is 23.2 Å². The van der Waals surface area contributed by atoms with Crippen molar-refractivity contribution in [2.24, 2.45) is 17.8 Å². The lowest BCUT2D eigenvalue weighted by atomic mass is 9.53. The van der Waals surface area contributed by atoms with Gasteiger partial charge in [0, 0.05) is 24.7 Å². The number of nitrogens with zero attached hydrogens (tertiary/aromatic N) is 4. The van der Waals surface area contributed by atoms with Gasteiger partial charge in [-0.05, 0) is 88.4 Å². The highest BCUT2D eigenvalue weighted by molar-refractivity contribution is 7.99. The summed E-state index contributed by atoms with van der Waals surface area (Å²) in [5.41, 5.74) is -0.0816. The minimum absolute atomic E-state index is 0.0816. The molecule has 7 rings (SSSR count). The van der Waals surface area contributed by atoms with Crippen molar-refractivity contribution in [1.82, 2.24) is 25.4 Å². The number of piperidine rings is 1. The third-order valence-corrected chi connectivity index (χ3v) is 9.14. The molecule has 1 saturated heterocycles. The molecule has 4 bridgehead atoms. The second kappa shape index (κ2) is 8.22. The van der Waals surface area contributed by atoms with Gasteiger partial charge in [-0.15, -0.1) is 10.2 Å². The van der Waals surface area contributed by atoms with Crippen molar-refractivity contribution in [3.63, 3.8) is 0 Å². The molecule has 0 aromatic carbocycles. The molecule has 1 aromatic rings. The first-order valence-electron chi connectivity index (χ1n) is 12.5. The minimum atomic E-state index is -0.324. The fraction of sp³-hybridized carbons (Fsp3) is 0.826. The van der Waals surface area contributed by atoms with Crippen molar-refractivity contribution in [3.05, 3.63) is 0 Å². The van der Waals surface area contributed by atoms with Crippen molar-refractivity contribution >= 4 is 29.6 Å². The first-order valence-corrected chi connectivity index (χ1v) is 13.5. The summed E-state index contributed by atoms with van der Waals surface area (Å²) in [6.07, 6.45) is 13.2. The first-order chi connectivity index (χ1) is 15.6. The van der Waals surface area contributed by atoms with Crippen LogP contribution in [0.3, 0.4) is 0 Å². The van der Waals surface area contributed by atoms with E-state index in [1.54, 1.807) is 0 Å². The Kier molecular flexibility index (Phi) is 5.35. The molecule has 174 valence electrons. The second-order valence-electron chi connectivity index (χ2n) is 10.9. The first kappa shape index (κ1) is 20.8. The Labute approximate surface area is 193 Å². The number of thioether (sulfide) groups is 1. The number of carbonyl (C=O) groups excluding carboxylic acids is 2. The number of imide groups is 1. The lowest BCUT2D eigenvalue weighted by Gasteiger charge is -2.56. The third-order valence-electron chi connectivity index (χ3n) is 8.20. The quantitative estimate of drug-likeness (QED) is 0.634. The lowest BCUT2D eigenvalue weighted by Crippen LogP contribution is -2.61. The zero-order valence-corrected chi connectivity index (χ0v) is 19.5. The Morgan fingerprint density at radius 2 is 1.62 bits per heavy atom. The fourth-order valence-electron chi connectivity index (χ4n) is 7.16. The van der Waals surface area contributed by atoms with Crippen molar-refractivity contribution in [1.29, 1.82) is 0 Å². The number of rotatable bonds is 6. The van der Waals surface area contributed by atoms with E-state index in [1.165, 1.54) is 50.3 Å². The van der Waals surface area contributed by atoms with Gasteiger partial charge >= 0.3 is 6.03 Å². The number of amides is 3. The second-order valence-corrected chi connectivity index (χ2v) is 11.9. The summed E-state index contributed by atoms with van der Waals surface area (Å²) in [6, 6.07) is 0.127. The molecule has 3 amide bonds. The van der Waals surface area contributed by atoms with Gasteiger partial charge in [0.2, 0.25) is 11.9 Å². The van der Waals surface area contributed by atoms with Gasteiger partial charge in [-0.2, -0.15) is 0 Å². The molecule has 0 spiro atoms. The van der Waals surface area contributed by atoms with E-state index in [2.05, 4.69) is 30.3 Å². The Morgan fingerprint density at radius 1 is 0.969 bits per heavy atom. The summed E-state index contributed by atoms with van der Waals surface area (Å²) in [5, 5.41) is 15.5. The molecular weight excluding hydrogens is 424 g/mol. The summed E-state index contributed by atoms with van der Waals surface area (Å²) in [5.74, 6) is 3.15. The molecule has 32 heavy (non-hydrogen) atoms. The number of urea groups is 1. The standard InChI is InChI=1S/C23H34N6O2S/c30-19(24-20(31)25-23-11-15-8-16(12-23)10-17(9-15)13-23)14-32-22-27-26-21(29(22)18-4-5-18)28-6-2-1-3-7-28/h15-18H,1-14H2,(H2,24,25,30,31). The van der Waals surface area contributed by atoms with E-state index in [0.717, 1.165) is 74.1 Å². The SMILES string of the molecule is O=C(CSc1nnc(N2CCCCC2)n1C1CC1)NC(=O)NC12CC3CC(CC(C3)C1)C2. The maximum absolute atomic E-state index is 12.7. The Bertz CT molecular complexity index is 856. The maximum Gasteiger partial charge on any atom is 0.321 e. The van der Waals surface area contributed by atoms with Gasteiger partial charge in [-0.25, -0.2) is 4.79 Å². The molecule has 6 fully saturated rings. The molecule has 2 N–H and O–H groups in total. The van der Waals surface area contributed by atoms with E-state index in [9.17, 15) is 9.59 Å². The predicted octanol–water partition coefficient (Wildman–Crippen LogP) is 3.49. The van der Waals surface area contributed by atoms with Crippen molar-refractivity contribution < 1.29 is 9.59 Å². The van der Waals surface area contributed by atoms with Gasteiger partial charge in [0.15, 0.2) is 5.16 Å². The van der Waals surface area contributed by atoms with Crippen LogP contribution in [0.15, 0.2) is 5.16 Å². The van der Waals surface area contributed by atoms with Crippen LogP contribution < -0.4 is 15.5 Å². The predicted molar refractivity (Wildman–Crippen MR) is 123 cm³/mol. The van der Waals surface area contributed by atoms with E-state index >= 15 is 0 Å². The zero-order valence-electron chi connectivity index (χ0n) is 18.7. The molecule has 0 radical (unpaired) electrons. The molecule has 6 aliphatic rings. The molecule has 2 heterocycles. The van der Waals surface area contributed by atoms with Crippen LogP contribution in [0.2, 0.25) is 0 Å². The third kappa shape index (κ3) is 4.13. The van der Waals surface area contributed by atoms with Gasteiger partial charge < -0.3 is 10.2 Å². The van der Waals surface area contributed by atoms with Gasteiger partial charge in [-0.1, -0.05) is 11.8 Å². The highest BCUT2D eigenvalue weighted by Gasteiger charge is 2.51. The Morgan fingerprint density at radius 3 is 2.25 bits per heavy atom. The van der Waals surface area contributed by atoms with Crippen LogP contribution >= 0.6 is 11.8 Å². The van der Waals surface area contributed by atoms with Gasteiger partial charge in [0.05, 0.1) is 5.75 Å². The Hall–Kier alpha value is -1.77. The van der Waals surface area contributed by atoms with Gasteiger partial charge in [-0.3, -0.25) is 14.7 Å². The normalized spacial score (nSPS) is 33.4. The molecule has 8 nitrogen and oxygen atoms in total. The summed E-state index contributed by atoms with van der Waals surface area (Å²) in [6.45, 7) is 2.06. The largest absolute Gasteiger partial charge is 0.341 e. The van der Waals surface area contributed by atoms with Crippen molar-refractivity contribution in [3.8, 4) is 0 Å². The van der Waals surface area contributed by atoms with E-state index in [1.807, 2.05) is 0 Å². The molecule has 0 atom stereocenters. The molecular formula is C23H34N6O2S. The average molecular weight is 459 g/mol. The van der Waals surface area contributed by atoms with Crippen LogP contribution in [0, 0.1) is 17.8 Å². The highest BCUT2D eigenvalue weighted by Crippen LogP contribution is 2.55. The summed E-state index contributed by atoms with van der Waals surface area (Å²) < 4.78 is 2.22. The molecule has 5 saturated carbocycles. The molecule has 9 heteroatoms. The molecule has 5 aliphatic carbocycles. The topological polar surface area (TPSA) is 92.2 Å². The van der Waals surface area contributed by atoms with Crippen LogP contribution in [0.1, 0.15) is 76.7 Å². The molecule has 0 unspecified atom stereocenters. The van der Waals surface area contributed by atoms with E-state index in [4.69, 9.17) is 0 Å². The van der Waals surface area contributed by atoms with Crippen LogP contribution in [0.4, 0.5) is 10.7 Å². The van der Waals surface area contributed by atoms with Crippen molar-refractivity contribution in [2.75, 3.05) is 23.7 Å². The number of hydrogen-bond donors (Lipinski definition) is 2. The van der Waals surface area contributed by atoms with Crippen LogP contribution in [-0.2, 0) is 4.79 Å². The molecule has 1 aliphatic heterocycles. The number of carbonyl (C=O) groups is 2. The van der Waals surface area contributed by atoms with E-state index < -0.39 is 0 Å². The number of hydrogen-bond acceptors (Lipinski definition) is 6. The minimum Gasteiger partial charge on any atom is -0.341 e. The monoisotopic (exact) mass is 458 g/mol. The smallest absolute Gasteiger partial charge is 0.321 e. The fourth-order valence-corrected chi connectivity index (χ4v) is 7.96. The van der Waals surface area contributed by atoms with E-state index in [0.29, 0.717) is 6.04 Å². The zero-order chi connectivity index (χ0) is 21.7. The summed E-state index contributed by atoms with van der Waals surface area (Å²) >= 11 is 1.39.